The number of hydrogen-bond acceptors (Lipinski definition) is 15. The average Bonchev–Trinajstić information content (AvgIpc) is 2.56. The molecule has 0 atom stereocenters. The smallest absolute Gasteiger partial charge is 0.548 e. The second-order valence-electron chi connectivity index (χ2n) is 2.65. The van der Waals surface area contributed by atoms with Gasteiger partial charge in [0.15, 0.2) is 0 Å². The number of carboxylic acid groups (broad SMARTS) is 5. The van der Waals surface area contributed by atoms with Crippen LogP contribution in [0.25, 0.3) is 0 Å². The van der Waals surface area contributed by atoms with Crippen LogP contribution in [0.4, 0.5) is 0 Å². The van der Waals surface area contributed by atoms with Crippen molar-refractivity contribution < 1.29 is 101 Å². The van der Waals surface area contributed by atoms with E-state index in [1.165, 1.54) is 0 Å². The molecule has 0 unspecified atom stereocenters. The van der Waals surface area contributed by atoms with E-state index in [2.05, 4.69) is 0 Å². The summed E-state index contributed by atoms with van der Waals surface area (Å²) in [5.41, 5.74) is 0. The van der Waals surface area contributed by atoms with E-state index in [0.29, 0.717) is 0 Å². The van der Waals surface area contributed by atoms with Crippen LogP contribution < -0.4 is 31.7 Å². The van der Waals surface area contributed by atoms with Crippen molar-refractivity contribution in [3.8, 4) is 0 Å². The first-order valence-electron chi connectivity index (χ1n) is 5.39. The number of quaternary nitrogens is 1. The summed E-state index contributed by atoms with van der Waals surface area (Å²) in [4.78, 5) is 45.0. The van der Waals surface area contributed by atoms with Gasteiger partial charge in [0.2, 0.25) is 0 Å². The Morgan fingerprint density at radius 1 is 0.444 bits per heavy atom. The number of carbonyl (C=O) groups excluding carboxylic acids is 5. The normalized spacial score (nSPS) is 6.85. The second kappa shape index (κ2) is 39.2. The first-order valence-corrected chi connectivity index (χ1v) is 5.39. The summed E-state index contributed by atoms with van der Waals surface area (Å²) in [5.74, 6) is -7.20. The largest absolute Gasteiger partial charge is 4.00 e. The first-order chi connectivity index (χ1) is 11.4. The van der Waals surface area contributed by atoms with Crippen LogP contribution >= 0.6 is 0 Å². The van der Waals surface area contributed by atoms with Crippen LogP contribution in [-0.2, 0) is 49.8 Å². The number of rotatable bonds is 5. The van der Waals surface area contributed by atoms with Gasteiger partial charge in [0.25, 0.3) is 0 Å². The zero-order chi connectivity index (χ0) is 21.4. The van der Waals surface area contributed by atoms with Gasteiger partial charge in [-0.3, -0.25) is 0 Å². The number of aliphatic hydroxyl groups excluding tert-OH is 5. The van der Waals surface area contributed by atoms with E-state index in [-0.39, 0.29) is 32.0 Å². The first kappa shape index (κ1) is 44.4. The molecule has 0 aromatic heterocycles. The minimum Gasteiger partial charge on any atom is -0.548 e. The molecule has 158 valence electrons. The number of aliphatic hydroxyl groups is 5. The summed E-state index contributed by atoms with van der Waals surface area (Å²) in [6.45, 7) is -4.44. The standard InChI is InChI=1S/5C2H4O3.Hf.H3N/c5*3-1-2(4)5;;/h5*3H,1H2,(H,4,5);;1H3/q;;;;;+4;/p-4. The molecule has 0 heterocycles. The molecule has 9 N–H and O–H groups in total. The fourth-order valence-electron chi connectivity index (χ4n) is 0. The van der Waals surface area contributed by atoms with Gasteiger partial charge in [-0.2, -0.15) is 0 Å². The molecule has 0 aliphatic carbocycles. The summed E-state index contributed by atoms with van der Waals surface area (Å²) < 4.78 is 0. The van der Waals surface area contributed by atoms with Crippen molar-refractivity contribution in [2.24, 2.45) is 0 Å². The van der Waals surface area contributed by atoms with Gasteiger partial charge < -0.3 is 81.2 Å². The Morgan fingerprint density at radius 2 is 0.481 bits per heavy atom. The topological polar surface area (TPSA) is 338 Å². The van der Waals surface area contributed by atoms with E-state index in [1.807, 2.05) is 0 Å². The van der Waals surface area contributed by atoms with Crippen LogP contribution in [0.1, 0.15) is 0 Å². The molecule has 0 radical (unpaired) electrons. The second-order valence-corrected chi connectivity index (χ2v) is 2.65. The van der Waals surface area contributed by atoms with Crippen molar-refractivity contribution in [1.29, 1.82) is 0 Å². The number of hydrogen-bond donors (Lipinski definition) is 6. The van der Waals surface area contributed by atoms with E-state index in [0.717, 1.165) is 0 Å². The predicted octanol–water partition coefficient (Wildman–Crippen LogP) is -11.0. The fourth-order valence-corrected chi connectivity index (χ4v) is 0. The molecule has 0 rings (SSSR count). The zero-order valence-electron chi connectivity index (χ0n) is 13.9. The van der Waals surface area contributed by atoms with Crippen LogP contribution in [-0.4, -0.2) is 88.4 Å². The van der Waals surface area contributed by atoms with E-state index < -0.39 is 62.9 Å². The molecule has 0 saturated heterocycles. The van der Waals surface area contributed by atoms with Crippen LogP contribution in [0.3, 0.4) is 0 Å². The molecule has 0 aromatic rings. The molecule has 17 heteroatoms. The summed E-state index contributed by atoms with van der Waals surface area (Å²) in [6.07, 6.45) is 0. The number of carboxylic acids is 5. The van der Waals surface area contributed by atoms with Gasteiger partial charge in [-0.15, -0.1) is 0 Å². The Hall–Kier alpha value is -2.02. The molecule has 0 spiro atoms. The molecule has 16 nitrogen and oxygen atoms in total. The average molecular weight is 572 g/mol. The van der Waals surface area contributed by atoms with Crippen molar-refractivity contribution in [1.82, 2.24) is 6.15 Å². The Morgan fingerprint density at radius 3 is 0.481 bits per heavy atom. The van der Waals surface area contributed by atoms with Gasteiger partial charge in [-0.05, 0) is 0 Å². The minimum atomic E-state index is -1.44. The third-order valence-electron chi connectivity index (χ3n) is 0.645. The SMILES string of the molecule is O=C([O-])CO.O=C([O-])CO.O=C([O-])CO.O=C([O-])CO.O=C([O-])CO.[Hf+4].[NH4+]. The van der Waals surface area contributed by atoms with Gasteiger partial charge in [-0.25, -0.2) is 0 Å². The summed E-state index contributed by atoms with van der Waals surface area (Å²) in [5, 5.41) is 82.4. The molecule has 0 aliphatic heterocycles. The van der Waals surface area contributed by atoms with Crippen molar-refractivity contribution in [3.05, 3.63) is 0 Å². The van der Waals surface area contributed by atoms with Gasteiger partial charge >= 0.3 is 25.8 Å². The van der Waals surface area contributed by atoms with E-state index in [1.54, 1.807) is 0 Å². The maximum Gasteiger partial charge on any atom is 4.00 e. The van der Waals surface area contributed by atoms with Crippen LogP contribution in [0.15, 0.2) is 0 Å². The Bertz CT molecular complexity index is 294. The molecular weight excluding hydrogens is 553 g/mol. The molecule has 0 bridgehead atoms. The molecule has 0 fully saturated rings. The molecule has 0 amide bonds. The monoisotopic (exact) mass is 573 g/mol. The summed E-state index contributed by atoms with van der Waals surface area (Å²) >= 11 is 0. The Kier molecular flexibility index (Phi) is 64.5. The van der Waals surface area contributed by atoms with E-state index >= 15 is 0 Å². The van der Waals surface area contributed by atoms with Crippen molar-refractivity contribution in [2.45, 2.75) is 0 Å². The van der Waals surface area contributed by atoms with Gasteiger partial charge in [-0.1, -0.05) is 0 Å². The number of carbonyl (C=O) groups is 5. The molecule has 0 saturated carbocycles. The van der Waals surface area contributed by atoms with Gasteiger partial charge in [0, 0.05) is 0 Å². The Balaban J connectivity index is -0.0000000364. The van der Waals surface area contributed by atoms with Gasteiger partial charge in [0.05, 0.1) is 62.9 Å². The molecule has 27 heavy (non-hydrogen) atoms. The van der Waals surface area contributed by atoms with Crippen LogP contribution in [0.5, 0.6) is 0 Å². The third-order valence-corrected chi connectivity index (χ3v) is 0.645. The predicted molar refractivity (Wildman–Crippen MR) is 66.4 cm³/mol. The molecule has 0 aliphatic rings. The van der Waals surface area contributed by atoms with Crippen molar-refractivity contribution >= 4 is 29.8 Å². The summed E-state index contributed by atoms with van der Waals surface area (Å²) in [7, 11) is 0. The van der Waals surface area contributed by atoms with Crippen LogP contribution in [0, 0.1) is 0 Å². The van der Waals surface area contributed by atoms with Crippen LogP contribution in [0.2, 0.25) is 0 Å². The summed E-state index contributed by atoms with van der Waals surface area (Å²) in [6, 6.07) is 0. The quantitative estimate of drug-likeness (QED) is 0.167. The molecule has 0 aromatic carbocycles. The van der Waals surface area contributed by atoms with Gasteiger partial charge in [0.1, 0.15) is 0 Å². The minimum absolute atomic E-state index is 0. The maximum absolute atomic E-state index is 9.01. The van der Waals surface area contributed by atoms with Crippen molar-refractivity contribution in [3.63, 3.8) is 0 Å². The van der Waals surface area contributed by atoms with E-state index in [9.17, 15) is 0 Å². The van der Waals surface area contributed by atoms with E-state index in [4.69, 9.17) is 75.0 Å². The van der Waals surface area contributed by atoms with Crippen molar-refractivity contribution in [2.75, 3.05) is 33.0 Å². The fraction of sp³-hybridized carbons (Fsp3) is 0.500. The number of aliphatic carboxylic acids is 5. The maximum atomic E-state index is 9.01. The third kappa shape index (κ3) is 182. The Labute approximate surface area is 170 Å². The molecular formula is C10H19HfNO15. The zero-order valence-corrected chi connectivity index (χ0v) is 17.4.